The minimum Gasteiger partial charge on any atom is -0.508 e. The molecule has 170 valence electrons. The zero-order valence-electron chi connectivity index (χ0n) is 18.1. The van der Waals surface area contributed by atoms with Crippen molar-refractivity contribution in [3.63, 3.8) is 0 Å². The third-order valence-corrected chi connectivity index (χ3v) is 6.60. The number of anilines is 2. The van der Waals surface area contributed by atoms with Gasteiger partial charge in [-0.15, -0.1) is 0 Å². The van der Waals surface area contributed by atoms with Gasteiger partial charge in [0, 0.05) is 12.2 Å². The van der Waals surface area contributed by atoms with Crippen molar-refractivity contribution in [2.75, 3.05) is 18.4 Å². The van der Waals surface area contributed by atoms with E-state index in [-0.39, 0.29) is 5.75 Å². The number of aromatic hydroxyl groups is 1. The summed E-state index contributed by atoms with van der Waals surface area (Å²) >= 11 is 13.1. The second kappa shape index (κ2) is 9.17. The summed E-state index contributed by atoms with van der Waals surface area (Å²) in [6.07, 6.45) is 3.98. The van der Waals surface area contributed by atoms with Crippen LogP contribution in [-0.2, 0) is 6.54 Å². The summed E-state index contributed by atoms with van der Waals surface area (Å²) in [5, 5.41) is 17.6. The summed E-state index contributed by atoms with van der Waals surface area (Å²) in [5.74, 6) is 1.84. The number of nitrogens with one attached hydrogen (secondary N) is 2. The number of benzene rings is 2. The van der Waals surface area contributed by atoms with E-state index < -0.39 is 0 Å². The highest BCUT2D eigenvalue weighted by molar-refractivity contribution is 6.39. The Morgan fingerprint density at radius 3 is 2.73 bits per heavy atom. The average Bonchev–Trinajstić information content (AvgIpc) is 3.14. The van der Waals surface area contributed by atoms with Crippen molar-refractivity contribution in [1.29, 1.82) is 0 Å². The molecule has 0 saturated carbocycles. The lowest BCUT2D eigenvalue weighted by atomic mass is 9.99. The number of phenols is 1. The average molecular weight is 483 g/mol. The van der Waals surface area contributed by atoms with Gasteiger partial charge in [-0.1, -0.05) is 29.3 Å². The molecule has 0 radical (unpaired) electrons. The number of aromatic nitrogens is 4. The van der Waals surface area contributed by atoms with Crippen molar-refractivity contribution < 1.29 is 5.11 Å². The second-order valence-electron chi connectivity index (χ2n) is 8.38. The van der Waals surface area contributed by atoms with Crippen molar-refractivity contribution in [3.05, 3.63) is 58.2 Å². The number of hydrogen-bond acceptors (Lipinski definition) is 6. The number of rotatable bonds is 5. The minimum absolute atomic E-state index is 0.248. The SMILES string of the molecule is Cc1cc(Nc2ncc3nc(-c4c(Cl)cccc4Cl)n(C[C@@H]4CCCNC4)c3n2)ccc1O. The van der Waals surface area contributed by atoms with E-state index in [1.165, 1.54) is 0 Å². The molecule has 0 amide bonds. The lowest BCUT2D eigenvalue weighted by Gasteiger charge is -2.24. The Hall–Kier alpha value is -2.87. The molecule has 1 aliphatic heterocycles. The van der Waals surface area contributed by atoms with Crippen molar-refractivity contribution in [2.45, 2.75) is 26.3 Å². The van der Waals surface area contributed by atoms with E-state index >= 15 is 0 Å². The number of piperidine rings is 1. The lowest BCUT2D eigenvalue weighted by Crippen LogP contribution is -2.32. The number of phenolic OH excluding ortho intramolecular Hbond substituents is 1. The molecule has 1 aliphatic rings. The van der Waals surface area contributed by atoms with E-state index in [4.69, 9.17) is 33.2 Å². The third kappa shape index (κ3) is 4.49. The molecule has 2 aromatic heterocycles. The summed E-state index contributed by atoms with van der Waals surface area (Å²) in [4.78, 5) is 14.1. The zero-order chi connectivity index (χ0) is 22.9. The Kier molecular flexibility index (Phi) is 6.10. The van der Waals surface area contributed by atoms with Gasteiger partial charge in [0.2, 0.25) is 5.95 Å². The molecule has 7 nitrogen and oxygen atoms in total. The van der Waals surface area contributed by atoms with Crippen LogP contribution in [0.3, 0.4) is 0 Å². The van der Waals surface area contributed by atoms with Crippen LogP contribution in [0, 0.1) is 12.8 Å². The van der Waals surface area contributed by atoms with Crippen LogP contribution in [0.1, 0.15) is 18.4 Å². The Bertz CT molecular complexity index is 1300. The molecule has 1 saturated heterocycles. The van der Waals surface area contributed by atoms with E-state index in [9.17, 15) is 5.11 Å². The molecule has 33 heavy (non-hydrogen) atoms. The van der Waals surface area contributed by atoms with Gasteiger partial charge in [0.1, 0.15) is 17.1 Å². The van der Waals surface area contributed by atoms with Crippen LogP contribution in [0.4, 0.5) is 11.6 Å². The van der Waals surface area contributed by atoms with Crippen LogP contribution in [-0.4, -0.2) is 37.7 Å². The van der Waals surface area contributed by atoms with E-state index in [0.717, 1.165) is 49.4 Å². The minimum atomic E-state index is 0.248. The number of hydrogen-bond donors (Lipinski definition) is 3. The normalized spacial score (nSPS) is 16.3. The number of nitrogens with zero attached hydrogens (tertiary/aromatic N) is 4. The first kappa shape index (κ1) is 21.9. The molecule has 3 heterocycles. The first-order valence-corrected chi connectivity index (χ1v) is 11.7. The fraction of sp³-hybridized carbons (Fsp3) is 0.292. The van der Waals surface area contributed by atoms with Crippen molar-refractivity contribution in [1.82, 2.24) is 24.8 Å². The molecule has 3 N–H and O–H groups in total. The van der Waals surface area contributed by atoms with Gasteiger partial charge in [0.05, 0.1) is 21.8 Å². The van der Waals surface area contributed by atoms with Crippen LogP contribution in [0.5, 0.6) is 5.75 Å². The number of aryl methyl sites for hydroxylation is 1. The van der Waals surface area contributed by atoms with Crippen LogP contribution in [0.25, 0.3) is 22.6 Å². The van der Waals surface area contributed by atoms with Gasteiger partial charge in [-0.05, 0) is 74.7 Å². The van der Waals surface area contributed by atoms with Gasteiger partial charge >= 0.3 is 0 Å². The zero-order valence-corrected chi connectivity index (χ0v) is 19.7. The van der Waals surface area contributed by atoms with Crippen LogP contribution in [0.15, 0.2) is 42.6 Å². The largest absolute Gasteiger partial charge is 0.508 e. The first-order valence-electron chi connectivity index (χ1n) is 10.9. The van der Waals surface area contributed by atoms with Gasteiger partial charge in [0.25, 0.3) is 0 Å². The fourth-order valence-electron chi connectivity index (χ4n) is 4.25. The summed E-state index contributed by atoms with van der Waals surface area (Å²) in [6, 6.07) is 10.8. The van der Waals surface area contributed by atoms with Crippen molar-refractivity contribution in [2.24, 2.45) is 5.92 Å². The van der Waals surface area contributed by atoms with Crippen molar-refractivity contribution in [3.8, 4) is 17.1 Å². The highest BCUT2D eigenvalue weighted by Gasteiger charge is 2.23. The Labute approximate surface area is 201 Å². The standard InChI is InChI=1S/C24H24Cl2N6O/c1-14-10-16(7-8-20(14)33)29-24-28-12-19-22(31-24)32(13-15-4-3-9-27-11-15)23(30-19)21-17(25)5-2-6-18(21)26/h2,5-8,10,12,15,27,33H,3-4,9,11,13H2,1H3,(H,28,29,31)/t15-/m1/s1. The molecule has 0 bridgehead atoms. The van der Waals surface area contributed by atoms with Gasteiger partial charge in [-0.2, -0.15) is 4.98 Å². The van der Waals surface area contributed by atoms with Gasteiger partial charge in [-0.25, -0.2) is 9.97 Å². The summed E-state index contributed by atoms with van der Waals surface area (Å²) in [5.41, 5.74) is 3.66. The Balaban J connectivity index is 1.60. The number of halogens is 2. The van der Waals surface area contributed by atoms with Crippen molar-refractivity contribution >= 4 is 46.0 Å². The van der Waals surface area contributed by atoms with E-state index in [0.29, 0.717) is 38.8 Å². The maximum absolute atomic E-state index is 9.80. The van der Waals surface area contributed by atoms with Crippen LogP contribution < -0.4 is 10.6 Å². The predicted octanol–water partition coefficient (Wildman–Crippen LogP) is 5.56. The Morgan fingerprint density at radius 2 is 2.00 bits per heavy atom. The molecular weight excluding hydrogens is 459 g/mol. The molecule has 0 spiro atoms. The number of imidazole rings is 1. The monoisotopic (exact) mass is 482 g/mol. The highest BCUT2D eigenvalue weighted by Crippen LogP contribution is 2.36. The van der Waals surface area contributed by atoms with Gasteiger partial charge < -0.3 is 20.3 Å². The fourth-order valence-corrected chi connectivity index (χ4v) is 4.82. The summed E-state index contributed by atoms with van der Waals surface area (Å²) in [7, 11) is 0. The van der Waals surface area contributed by atoms with Crippen LogP contribution >= 0.6 is 23.2 Å². The second-order valence-corrected chi connectivity index (χ2v) is 9.20. The highest BCUT2D eigenvalue weighted by atomic mass is 35.5. The first-order chi connectivity index (χ1) is 16.0. The molecule has 2 aromatic carbocycles. The molecule has 9 heteroatoms. The third-order valence-electron chi connectivity index (χ3n) is 5.97. The molecule has 0 aliphatic carbocycles. The molecule has 1 atom stereocenters. The van der Waals surface area contributed by atoms with Gasteiger partial charge in [-0.3, -0.25) is 0 Å². The molecule has 1 fully saturated rings. The molecule has 0 unspecified atom stereocenters. The molecule has 4 aromatic rings. The van der Waals surface area contributed by atoms with E-state index in [1.807, 2.05) is 31.2 Å². The Morgan fingerprint density at radius 1 is 1.18 bits per heavy atom. The smallest absolute Gasteiger partial charge is 0.229 e. The summed E-state index contributed by atoms with van der Waals surface area (Å²) in [6.45, 7) is 4.58. The number of fused-ring (bicyclic) bond motifs is 1. The molecular formula is C24H24Cl2N6O. The quantitative estimate of drug-likeness (QED) is 0.323. The topological polar surface area (TPSA) is 87.9 Å². The maximum atomic E-state index is 9.80. The predicted molar refractivity (Wildman–Crippen MR) is 132 cm³/mol. The van der Waals surface area contributed by atoms with Crippen LogP contribution in [0.2, 0.25) is 10.0 Å². The lowest BCUT2D eigenvalue weighted by molar-refractivity contribution is 0.341. The molecule has 5 rings (SSSR count). The van der Waals surface area contributed by atoms with E-state index in [2.05, 4.69) is 20.2 Å². The van der Waals surface area contributed by atoms with Gasteiger partial charge in [0.15, 0.2) is 5.65 Å². The van der Waals surface area contributed by atoms with E-state index in [1.54, 1.807) is 18.3 Å². The maximum Gasteiger partial charge on any atom is 0.229 e. The summed E-state index contributed by atoms with van der Waals surface area (Å²) < 4.78 is 2.11.